The fourth-order valence-corrected chi connectivity index (χ4v) is 2.23. The number of aromatic nitrogens is 2. The van der Waals surface area contributed by atoms with Gasteiger partial charge >= 0.3 is 0 Å². The van der Waals surface area contributed by atoms with Crippen LogP contribution in [0.25, 0.3) is 0 Å². The van der Waals surface area contributed by atoms with Crippen LogP contribution in [-0.4, -0.2) is 28.8 Å². The molecule has 0 fully saturated rings. The highest BCUT2D eigenvalue weighted by Crippen LogP contribution is 2.16. The number of rotatable bonds is 7. The molecule has 0 atom stereocenters. The number of aryl methyl sites for hydroxylation is 1. The third kappa shape index (κ3) is 7.04. The second kappa shape index (κ2) is 11.2. The van der Waals surface area contributed by atoms with Crippen molar-refractivity contribution in [2.75, 3.05) is 13.1 Å². The van der Waals surface area contributed by atoms with Gasteiger partial charge in [-0.25, -0.2) is 9.38 Å². The Morgan fingerprint density at radius 2 is 2.21 bits per heavy atom. The molecule has 0 aliphatic carbocycles. The van der Waals surface area contributed by atoms with Gasteiger partial charge in [-0.05, 0) is 37.1 Å². The van der Waals surface area contributed by atoms with E-state index in [4.69, 9.17) is 11.6 Å². The van der Waals surface area contributed by atoms with E-state index >= 15 is 0 Å². The first-order valence-electron chi connectivity index (χ1n) is 7.62. The summed E-state index contributed by atoms with van der Waals surface area (Å²) in [5, 5.41) is 10.7. The molecule has 8 heteroatoms. The molecule has 0 bridgehead atoms. The molecule has 132 valence electrons. The van der Waals surface area contributed by atoms with Crippen LogP contribution < -0.4 is 10.6 Å². The van der Waals surface area contributed by atoms with Crippen molar-refractivity contribution in [2.24, 2.45) is 4.99 Å². The fourth-order valence-electron chi connectivity index (χ4n) is 2.03. The van der Waals surface area contributed by atoms with Crippen LogP contribution in [0.2, 0.25) is 5.02 Å². The number of benzene rings is 1. The maximum Gasteiger partial charge on any atom is 0.191 e. The summed E-state index contributed by atoms with van der Waals surface area (Å²) >= 11 is 5.78. The Hall–Kier alpha value is -1.35. The van der Waals surface area contributed by atoms with Gasteiger partial charge in [0.05, 0.1) is 11.6 Å². The minimum atomic E-state index is -0.414. The van der Waals surface area contributed by atoms with E-state index in [1.165, 1.54) is 6.07 Å². The zero-order chi connectivity index (χ0) is 16.5. The van der Waals surface area contributed by atoms with E-state index in [1.54, 1.807) is 18.3 Å². The predicted octanol–water partition coefficient (Wildman–Crippen LogP) is 3.44. The maximum absolute atomic E-state index is 13.1. The number of hydrogen-bond acceptors (Lipinski definition) is 2. The van der Waals surface area contributed by atoms with Gasteiger partial charge in [-0.3, -0.25) is 4.68 Å². The first-order valence-corrected chi connectivity index (χ1v) is 8.00. The molecule has 0 saturated carbocycles. The van der Waals surface area contributed by atoms with Crippen molar-refractivity contribution in [1.82, 2.24) is 20.4 Å². The molecule has 1 aromatic heterocycles. The Labute approximate surface area is 163 Å². The highest BCUT2D eigenvalue weighted by atomic mass is 127. The van der Waals surface area contributed by atoms with Crippen LogP contribution in [0, 0.1) is 5.82 Å². The summed E-state index contributed by atoms with van der Waals surface area (Å²) in [6, 6.07) is 6.55. The highest BCUT2D eigenvalue weighted by molar-refractivity contribution is 14.0. The Kier molecular flexibility index (Phi) is 9.70. The van der Waals surface area contributed by atoms with E-state index in [0.717, 1.165) is 37.6 Å². The van der Waals surface area contributed by atoms with E-state index in [2.05, 4.69) is 20.7 Å². The average Bonchev–Trinajstić information content (AvgIpc) is 3.05. The minimum Gasteiger partial charge on any atom is -0.357 e. The normalized spacial score (nSPS) is 11.0. The van der Waals surface area contributed by atoms with Crippen molar-refractivity contribution in [3.8, 4) is 0 Å². The number of halogens is 3. The third-order valence-corrected chi connectivity index (χ3v) is 3.45. The zero-order valence-electron chi connectivity index (χ0n) is 13.5. The van der Waals surface area contributed by atoms with Gasteiger partial charge < -0.3 is 10.6 Å². The molecule has 1 heterocycles. The average molecular weight is 466 g/mol. The summed E-state index contributed by atoms with van der Waals surface area (Å²) in [7, 11) is 0. The Balaban J connectivity index is 0.00000288. The lowest BCUT2D eigenvalue weighted by atomic mass is 10.2. The molecular weight excluding hydrogens is 444 g/mol. The summed E-state index contributed by atoms with van der Waals surface area (Å²) < 4.78 is 15.0. The Morgan fingerprint density at radius 1 is 1.38 bits per heavy atom. The van der Waals surface area contributed by atoms with Crippen LogP contribution in [0.4, 0.5) is 4.39 Å². The molecular formula is C16H22ClFIN5. The number of nitrogens with zero attached hydrogens (tertiary/aromatic N) is 3. The molecule has 0 spiro atoms. The molecule has 2 aromatic rings. The summed E-state index contributed by atoms with van der Waals surface area (Å²) in [4.78, 5) is 4.48. The van der Waals surface area contributed by atoms with E-state index < -0.39 is 5.82 Å². The Morgan fingerprint density at radius 3 is 2.88 bits per heavy atom. The van der Waals surface area contributed by atoms with Crippen molar-refractivity contribution in [3.63, 3.8) is 0 Å². The lowest BCUT2D eigenvalue weighted by Gasteiger charge is -2.11. The molecule has 0 unspecified atom stereocenters. The van der Waals surface area contributed by atoms with Gasteiger partial charge in [0.15, 0.2) is 5.96 Å². The van der Waals surface area contributed by atoms with Crippen LogP contribution in [0.1, 0.15) is 18.9 Å². The van der Waals surface area contributed by atoms with Crippen LogP contribution in [-0.2, 0) is 13.1 Å². The van der Waals surface area contributed by atoms with Gasteiger partial charge in [0.1, 0.15) is 5.82 Å². The largest absolute Gasteiger partial charge is 0.357 e. The second-order valence-corrected chi connectivity index (χ2v) is 5.40. The first kappa shape index (κ1) is 20.7. The quantitative estimate of drug-likeness (QED) is 0.285. The number of guanidine groups is 1. The topological polar surface area (TPSA) is 54.2 Å². The number of aliphatic imine (C=N–C) groups is 1. The first-order chi connectivity index (χ1) is 11.2. The van der Waals surface area contributed by atoms with Gasteiger partial charge in [0.25, 0.3) is 0 Å². The van der Waals surface area contributed by atoms with Crippen LogP contribution >= 0.6 is 35.6 Å². The van der Waals surface area contributed by atoms with Crippen molar-refractivity contribution in [1.29, 1.82) is 0 Å². The van der Waals surface area contributed by atoms with Crippen molar-refractivity contribution in [3.05, 3.63) is 53.1 Å². The summed E-state index contributed by atoms with van der Waals surface area (Å²) in [6.07, 6.45) is 4.65. The molecule has 24 heavy (non-hydrogen) atoms. The lowest BCUT2D eigenvalue weighted by Crippen LogP contribution is -2.38. The molecule has 0 aliphatic rings. The summed E-state index contributed by atoms with van der Waals surface area (Å²) in [5.41, 5.74) is 0.866. The Bertz CT molecular complexity index is 633. The van der Waals surface area contributed by atoms with Crippen LogP contribution in [0.3, 0.4) is 0 Å². The molecule has 0 aliphatic heterocycles. The lowest BCUT2D eigenvalue weighted by molar-refractivity contribution is 0.570. The van der Waals surface area contributed by atoms with E-state index in [0.29, 0.717) is 6.54 Å². The molecule has 2 N–H and O–H groups in total. The van der Waals surface area contributed by atoms with Crippen LogP contribution in [0.15, 0.2) is 41.7 Å². The summed E-state index contributed by atoms with van der Waals surface area (Å²) in [5.74, 6) is 0.316. The molecule has 5 nitrogen and oxygen atoms in total. The van der Waals surface area contributed by atoms with Crippen LogP contribution in [0.5, 0.6) is 0 Å². The van der Waals surface area contributed by atoms with Gasteiger partial charge in [0.2, 0.25) is 0 Å². The maximum atomic E-state index is 13.1. The standard InChI is InChI=1S/C16H21ClFN5.HI/c1-2-19-16(20-7-3-9-23-10-4-8-22-23)21-12-13-5-6-15(18)14(17)11-13;/h4-6,8,10-11H,2-3,7,9,12H2,1H3,(H2,19,20,21);1H. The highest BCUT2D eigenvalue weighted by Gasteiger charge is 2.02. The van der Waals surface area contributed by atoms with Crippen molar-refractivity contribution >= 4 is 41.5 Å². The van der Waals surface area contributed by atoms with E-state index in [1.807, 2.05) is 23.9 Å². The SMILES string of the molecule is CCNC(=NCc1ccc(F)c(Cl)c1)NCCCn1cccn1.I. The van der Waals surface area contributed by atoms with E-state index in [9.17, 15) is 4.39 Å². The molecule has 1 aromatic carbocycles. The van der Waals surface area contributed by atoms with Crippen molar-refractivity contribution < 1.29 is 4.39 Å². The molecule has 2 rings (SSSR count). The number of hydrogen-bond donors (Lipinski definition) is 2. The molecule has 0 saturated heterocycles. The zero-order valence-corrected chi connectivity index (χ0v) is 16.6. The van der Waals surface area contributed by atoms with Gasteiger partial charge in [0, 0.05) is 32.0 Å². The number of nitrogens with one attached hydrogen (secondary N) is 2. The monoisotopic (exact) mass is 465 g/mol. The van der Waals surface area contributed by atoms with Gasteiger partial charge in [-0.15, -0.1) is 24.0 Å². The summed E-state index contributed by atoms with van der Waals surface area (Å²) in [6.45, 7) is 4.86. The van der Waals surface area contributed by atoms with Gasteiger partial charge in [-0.1, -0.05) is 17.7 Å². The molecule has 0 amide bonds. The fraction of sp³-hybridized carbons (Fsp3) is 0.375. The minimum absolute atomic E-state index is 0. The smallest absolute Gasteiger partial charge is 0.191 e. The van der Waals surface area contributed by atoms with Crippen molar-refractivity contribution in [2.45, 2.75) is 26.4 Å². The second-order valence-electron chi connectivity index (χ2n) is 4.99. The molecule has 0 radical (unpaired) electrons. The third-order valence-electron chi connectivity index (χ3n) is 3.16. The van der Waals surface area contributed by atoms with E-state index in [-0.39, 0.29) is 29.0 Å². The predicted molar refractivity (Wildman–Crippen MR) is 106 cm³/mol. The van der Waals surface area contributed by atoms with Gasteiger partial charge in [-0.2, -0.15) is 5.10 Å².